The SMILES string of the molecule is CN/C(C#N)=C1\C(=N)CN(C)C(=O)c2ccc(F)cc2[C@@H](C)Oc2cc1cnc2NC(=O)CNC(C)=O. The fourth-order valence-electron chi connectivity index (χ4n) is 3.76. The summed E-state index contributed by atoms with van der Waals surface area (Å²) in [5, 5.41) is 26.1. The monoisotopic (exact) mass is 507 g/mol. The highest BCUT2D eigenvalue weighted by Crippen LogP contribution is 2.34. The zero-order valence-electron chi connectivity index (χ0n) is 20.7. The largest absolute Gasteiger partial charge is 0.482 e. The Balaban J connectivity index is 2.21. The second kappa shape index (κ2) is 11.3. The van der Waals surface area contributed by atoms with Crippen molar-refractivity contribution in [3.8, 4) is 11.8 Å². The second-order valence-corrected chi connectivity index (χ2v) is 8.27. The zero-order valence-corrected chi connectivity index (χ0v) is 20.7. The number of nitriles is 1. The van der Waals surface area contributed by atoms with Crippen molar-refractivity contribution in [1.29, 1.82) is 10.7 Å². The fraction of sp³-hybridized carbons (Fsp3) is 0.280. The maximum absolute atomic E-state index is 14.2. The summed E-state index contributed by atoms with van der Waals surface area (Å²) in [6.07, 6.45) is 0.489. The number of fused-ring (bicyclic) bond motifs is 3. The highest BCUT2D eigenvalue weighted by Gasteiger charge is 2.27. The van der Waals surface area contributed by atoms with Crippen LogP contribution >= 0.6 is 0 Å². The molecule has 0 unspecified atom stereocenters. The number of carbonyl (C=O) groups is 3. The summed E-state index contributed by atoms with van der Waals surface area (Å²) < 4.78 is 20.3. The molecule has 0 saturated carbocycles. The van der Waals surface area contributed by atoms with Gasteiger partial charge in [-0.05, 0) is 31.2 Å². The van der Waals surface area contributed by atoms with E-state index in [0.717, 1.165) is 6.07 Å². The van der Waals surface area contributed by atoms with Gasteiger partial charge in [0.2, 0.25) is 11.8 Å². The van der Waals surface area contributed by atoms with Crippen LogP contribution in [0.1, 0.15) is 41.4 Å². The molecule has 2 bridgehead atoms. The Morgan fingerprint density at radius 2 is 2.08 bits per heavy atom. The number of amides is 3. The van der Waals surface area contributed by atoms with E-state index in [-0.39, 0.29) is 52.8 Å². The Morgan fingerprint density at radius 1 is 1.35 bits per heavy atom. The van der Waals surface area contributed by atoms with Crippen LogP contribution in [0.25, 0.3) is 5.57 Å². The Labute approximate surface area is 212 Å². The van der Waals surface area contributed by atoms with Crippen LogP contribution in [0.4, 0.5) is 10.2 Å². The molecule has 1 aromatic heterocycles. The average Bonchev–Trinajstić information content (AvgIpc) is 2.85. The number of pyridine rings is 1. The number of benzene rings is 1. The number of anilines is 1. The molecule has 12 heteroatoms. The van der Waals surface area contributed by atoms with Gasteiger partial charge < -0.3 is 31.0 Å². The van der Waals surface area contributed by atoms with E-state index in [1.807, 2.05) is 6.07 Å². The molecule has 3 rings (SSSR count). The highest BCUT2D eigenvalue weighted by atomic mass is 19.1. The minimum atomic E-state index is -0.864. The highest BCUT2D eigenvalue weighted by molar-refractivity contribution is 6.25. The molecular formula is C25H26FN7O4. The summed E-state index contributed by atoms with van der Waals surface area (Å²) in [5.41, 5.74) is 0.936. The fourth-order valence-corrected chi connectivity index (χ4v) is 3.76. The second-order valence-electron chi connectivity index (χ2n) is 8.27. The van der Waals surface area contributed by atoms with E-state index >= 15 is 0 Å². The van der Waals surface area contributed by atoms with E-state index < -0.39 is 29.6 Å². The first-order chi connectivity index (χ1) is 17.5. The summed E-state index contributed by atoms with van der Waals surface area (Å²) in [5.74, 6) is -1.96. The van der Waals surface area contributed by atoms with Crippen LogP contribution < -0.4 is 20.7 Å². The van der Waals surface area contributed by atoms with Crippen LogP contribution in [0.5, 0.6) is 5.75 Å². The van der Waals surface area contributed by atoms with Crippen molar-refractivity contribution in [2.24, 2.45) is 0 Å². The third-order valence-corrected chi connectivity index (χ3v) is 5.54. The minimum absolute atomic E-state index is 0.00162. The lowest BCUT2D eigenvalue weighted by atomic mass is 9.98. The molecule has 37 heavy (non-hydrogen) atoms. The molecule has 1 aliphatic rings. The van der Waals surface area contributed by atoms with Crippen molar-refractivity contribution >= 4 is 34.8 Å². The lowest BCUT2D eigenvalue weighted by molar-refractivity contribution is -0.122. The third-order valence-electron chi connectivity index (χ3n) is 5.54. The summed E-state index contributed by atoms with van der Waals surface area (Å²) in [4.78, 5) is 42.4. The average molecular weight is 508 g/mol. The van der Waals surface area contributed by atoms with Crippen LogP contribution in [-0.2, 0) is 9.59 Å². The molecule has 2 heterocycles. The molecule has 4 N–H and O–H groups in total. The smallest absolute Gasteiger partial charge is 0.254 e. The zero-order chi connectivity index (χ0) is 27.3. The molecule has 0 saturated heterocycles. The normalized spacial score (nSPS) is 16.8. The lowest BCUT2D eigenvalue weighted by Gasteiger charge is -2.25. The standard InChI is InChI=1S/C25H26FN7O4/c1-13-18-8-16(26)5-6-17(18)25(36)33(4)12-19(28)23(20(9-27)29-3)15-7-21(37-13)24(31-10-15)32-22(35)11-30-14(2)34/h5-8,10,13,28-29H,11-12H2,1-4H3,(H,30,34)(H,31,32,35)/b23-20-,28-19?/t13-/m1/s1. The predicted molar refractivity (Wildman–Crippen MR) is 133 cm³/mol. The number of rotatable bonds is 4. The number of hydrogen-bond acceptors (Lipinski definition) is 8. The van der Waals surface area contributed by atoms with Gasteiger partial charge in [-0.2, -0.15) is 5.26 Å². The van der Waals surface area contributed by atoms with Crippen LogP contribution in [0, 0.1) is 22.6 Å². The first-order valence-electron chi connectivity index (χ1n) is 11.2. The van der Waals surface area contributed by atoms with E-state index in [9.17, 15) is 24.0 Å². The quantitative estimate of drug-likeness (QED) is 0.460. The van der Waals surface area contributed by atoms with Gasteiger partial charge in [0, 0.05) is 49.5 Å². The summed E-state index contributed by atoms with van der Waals surface area (Å²) in [6.45, 7) is 2.42. The van der Waals surface area contributed by atoms with Crippen molar-refractivity contribution in [3.63, 3.8) is 0 Å². The van der Waals surface area contributed by atoms with Crippen LogP contribution in [0.2, 0.25) is 0 Å². The van der Waals surface area contributed by atoms with E-state index in [4.69, 9.17) is 10.1 Å². The summed E-state index contributed by atoms with van der Waals surface area (Å²) in [6, 6.07) is 7.20. The number of carbonyl (C=O) groups excluding carboxylic acids is 3. The molecule has 1 aliphatic heterocycles. The topological polar surface area (TPSA) is 160 Å². The molecule has 1 atom stereocenters. The first kappa shape index (κ1) is 26.8. The molecule has 192 valence electrons. The molecule has 0 aliphatic carbocycles. The van der Waals surface area contributed by atoms with Gasteiger partial charge in [0.05, 0.1) is 18.8 Å². The molecule has 0 radical (unpaired) electrons. The number of aromatic nitrogens is 1. The predicted octanol–water partition coefficient (Wildman–Crippen LogP) is 1.99. The van der Waals surface area contributed by atoms with E-state index in [2.05, 4.69) is 20.9 Å². The third kappa shape index (κ3) is 6.07. The van der Waals surface area contributed by atoms with Gasteiger partial charge in [-0.25, -0.2) is 9.37 Å². The summed E-state index contributed by atoms with van der Waals surface area (Å²) in [7, 11) is 3.03. The number of hydrogen-bond donors (Lipinski definition) is 4. The Morgan fingerprint density at radius 3 is 2.73 bits per heavy atom. The van der Waals surface area contributed by atoms with Crippen LogP contribution in [-0.4, -0.2) is 60.5 Å². The Kier molecular flexibility index (Phi) is 8.19. The lowest BCUT2D eigenvalue weighted by Crippen LogP contribution is -2.34. The van der Waals surface area contributed by atoms with Gasteiger partial charge in [0.1, 0.15) is 23.7 Å². The van der Waals surface area contributed by atoms with Crippen molar-refractivity contribution in [3.05, 3.63) is 58.7 Å². The molecule has 1 aromatic carbocycles. The maximum atomic E-state index is 14.2. The van der Waals surface area contributed by atoms with Gasteiger partial charge in [-0.15, -0.1) is 0 Å². The molecule has 2 aromatic rings. The first-order valence-corrected chi connectivity index (χ1v) is 11.2. The van der Waals surface area contributed by atoms with E-state index in [0.29, 0.717) is 5.56 Å². The van der Waals surface area contributed by atoms with E-state index in [1.54, 1.807) is 6.92 Å². The molecule has 11 nitrogen and oxygen atoms in total. The molecular weight excluding hydrogens is 481 g/mol. The van der Waals surface area contributed by atoms with Crippen molar-refractivity contribution < 1.29 is 23.5 Å². The van der Waals surface area contributed by atoms with Gasteiger partial charge in [-0.1, -0.05) is 0 Å². The maximum Gasteiger partial charge on any atom is 0.254 e. The Hall–Kier alpha value is -4.79. The van der Waals surface area contributed by atoms with Crippen molar-refractivity contribution in [2.45, 2.75) is 20.0 Å². The van der Waals surface area contributed by atoms with Gasteiger partial charge in [0.25, 0.3) is 5.91 Å². The number of nitrogens with zero attached hydrogens (tertiary/aromatic N) is 3. The van der Waals surface area contributed by atoms with E-state index in [1.165, 1.54) is 50.3 Å². The number of nitrogens with one attached hydrogen (secondary N) is 4. The Bertz CT molecular complexity index is 1350. The van der Waals surface area contributed by atoms with Gasteiger partial charge in [0.15, 0.2) is 11.6 Å². The van der Waals surface area contributed by atoms with Crippen LogP contribution in [0.3, 0.4) is 0 Å². The molecule has 3 amide bonds. The minimum Gasteiger partial charge on any atom is -0.482 e. The van der Waals surface area contributed by atoms with Crippen LogP contribution in [0.15, 0.2) is 36.2 Å². The number of ether oxygens (including phenoxy) is 1. The van der Waals surface area contributed by atoms with Gasteiger partial charge >= 0.3 is 0 Å². The van der Waals surface area contributed by atoms with Crippen molar-refractivity contribution in [1.82, 2.24) is 20.5 Å². The molecule has 0 fully saturated rings. The number of allylic oxidation sites excluding steroid dienone is 1. The molecule has 0 spiro atoms. The van der Waals surface area contributed by atoms with Gasteiger partial charge in [-0.3, -0.25) is 14.4 Å². The number of halogens is 1. The summed E-state index contributed by atoms with van der Waals surface area (Å²) >= 11 is 0. The van der Waals surface area contributed by atoms with Crippen molar-refractivity contribution in [2.75, 3.05) is 32.5 Å².